The van der Waals surface area contributed by atoms with Crippen molar-refractivity contribution in [3.63, 3.8) is 0 Å². The molecule has 12 nitrogen and oxygen atoms in total. The first kappa shape index (κ1) is 39.8. The SMILES string of the molecule is CC(c1ccc(OC#N)cc1)c1ccc(Oc2nc(Oc3ccc(C(C)c4ccc(OC#N)cc4)cc3)nc(Oc3ccc(C(C)c4ccc(OC#N)cc4)cc3)n2)cc1. The third-order valence-electron chi connectivity index (χ3n) is 9.97. The molecule has 1 heterocycles. The molecule has 0 aliphatic rings. The number of ether oxygens (including phenoxy) is 6. The zero-order valence-electron chi connectivity index (χ0n) is 32.7. The topological polar surface area (TPSA) is 165 Å². The van der Waals surface area contributed by atoms with Crippen molar-refractivity contribution < 1.29 is 28.4 Å². The van der Waals surface area contributed by atoms with Gasteiger partial charge in [-0.25, -0.2) is 0 Å². The van der Waals surface area contributed by atoms with Crippen molar-refractivity contribution in [2.24, 2.45) is 0 Å². The molecule has 294 valence electrons. The largest absolute Gasteiger partial charge is 0.424 e. The number of hydrogen-bond acceptors (Lipinski definition) is 12. The fourth-order valence-electron chi connectivity index (χ4n) is 6.46. The van der Waals surface area contributed by atoms with Gasteiger partial charge >= 0.3 is 18.0 Å². The molecule has 12 heteroatoms. The number of aromatic nitrogens is 3. The van der Waals surface area contributed by atoms with Gasteiger partial charge in [-0.15, -0.1) is 30.7 Å². The monoisotopic (exact) mass is 792 g/mol. The van der Waals surface area contributed by atoms with Gasteiger partial charge < -0.3 is 28.4 Å². The second-order valence-electron chi connectivity index (χ2n) is 13.6. The zero-order valence-corrected chi connectivity index (χ0v) is 32.7. The minimum absolute atomic E-state index is 0.0352. The van der Waals surface area contributed by atoms with E-state index in [1.807, 2.05) is 109 Å². The minimum Gasteiger partial charge on any atom is -0.424 e. The van der Waals surface area contributed by atoms with Crippen LogP contribution in [-0.2, 0) is 0 Å². The summed E-state index contributed by atoms with van der Waals surface area (Å²) in [6, 6.07) is 44.8. The Morgan fingerprint density at radius 2 is 0.500 bits per heavy atom. The van der Waals surface area contributed by atoms with Gasteiger partial charge in [0, 0.05) is 17.8 Å². The summed E-state index contributed by atoms with van der Waals surface area (Å²) in [7, 11) is 0. The molecule has 0 aliphatic heterocycles. The normalized spacial score (nSPS) is 12.0. The van der Waals surface area contributed by atoms with Gasteiger partial charge in [-0.2, -0.15) is 0 Å². The second kappa shape index (κ2) is 18.7. The molecule has 0 saturated heterocycles. The molecule has 0 fully saturated rings. The minimum atomic E-state index is -0.0352. The van der Waals surface area contributed by atoms with Crippen molar-refractivity contribution in [2.45, 2.75) is 38.5 Å². The molecule has 0 amide bonds. The molecule has 0 bridgehead atoms. The highest BCUT2D eigenvalue weighted by atomic mass is 16.5. The summed E-state index contributed by atoms with van der Waals surface area (Å²) in [6.07, 6.45) is 5.06. The van der Waals surface area contributed by atoms with Crippen molar-refractivity contribution in [3.05, 3.63) is 179 Å². The predicted molar refractivity (Wildman–Crippen MR) is 220 cm³/mol. The highest BCUT2D eigenvalue weighted by Gasteiger charge is 2.16. The van der Waals surface area contributed by atoms with E-state index in [1.165, 1.54) is 0 Å². The standard InChI is InChI=1S/C48H36N6O6/c1-31(34-4-16-40(17-5-34)55-28-49)37-10-22-43(23-11-37)58-46-52-47(59-44-24-12-38(13-25-44)32(2)35-6-18-41(19-7-35)56-29-50)54-48(53-46)60-45-26-14-39(15-27-45)33(3)36-8-20-42(21-9-36)57-30-51/h4-27,31-33H,1-3H3. The molecule has 0 saturated carbocycles. The average Bonchev–Trinajstić information content (AvgIpc) is 3.27. The molecule has 7 rings (SSSR count). The van der Waals surface area contributed by atoms with E-state index in [0.29, 0.717) is 34.5 Å². The molecular formula is C48H36N6O6. The summed E-state index contributed by atoms with van der Waals surface area (Å²) < 4.78 is 33.2. The van der Waals surface area contributed by atoms with Crippen LogP contribution < -0.4 is 28.4 Å². The Bertz CT molecular complexity index is 2340. The van der Waals surface area contributed by atoms with Gasteiger partial charge in [0.15, 0.2) is 0 Å². The summed E-state index contributed by atoms with van der Waals surface area (Å²) in [6.45, 7) is 6.26. The van der Waals surface area contributed by atoms with Gasteiger partial charge in [0.2, 0.25) is 0 Å². The number of hydrogen-bond donors (Lipinski definition) is 0. The van der Waals surface area contributed by atoms with Crippen molar-refractivity contribution >= 4 is 0 Å². The zero-order chi connectivity index (χ0) is 41.8. The lowest BCUT2D eigenvalue weighted by Gasteiger charge is -2.15. The third kappa shape index (κ3) is 9.93. The van der Waals surface area contributed by atoms with Gasteiger partial charge in [-0.1, -0.05) is 93.6 Å². The van der Waals surface area contributed by atoms with Crippen LogP contribution in [0.1, 0.15) is 71.9 Å². The fourth-order valence-corrected chi connectivity index (χ4v) is 6.46. The van der Waals surface area contributed by atoms with E-state index in [9.17, 15) is 0 Å². The summed E-state index contributed by atoms with van der Waals surface area (Å²) in [5.74, 6) is 3.10. The van der Waals surface area contributed by atoms with Crippen LogP contribution in [0.5, 0.6) is 52.5 Å². The van der Waals surface area contributed by atoms with Crippen LogP contribution in [-0.4, -0.2) is 15.0 Å². The van der Waals surface area contributed by atoms with E-state index in [2.05, 4.69) is 35.7 Å². The Balaban J connectivity index is 1.10. The molecule has 0 spiro atoms. The molecule has 7 aromatic rings. The van der Waals surface area contributed by atoms with Crippen LogP contribution in [0.15, 0.2) is 146 Å². The van der Waals surface area contributed by atoms with Gasteiger partial charge in [-0.05, 0) is 106 Å². The molecule has 0 radical (unpaired) electrons. The van der Waals surface area contributed by atoms with E-state index in [4.69, 9.17) is 44.2 Å². The molecule has 6 aromatic carbocycles. The molecule has 0 atom stereocenters. The van der Waals surface area contributed by atoms with Crippen molar-refractivity contribution in [1.29, 1.82) is 15.8 Å². The Hall–Kier alpha value is -8.40. The third-order valence-corrected chi connectivity index (χ3v) is 9.97. The van der Waals surface area contributed by atoms with Crippen LogP contribution >= 0.6 is 0 Å². The lowest BCUT2D eigenvalue weighted by atomic mass is 9.93. The maximum atomic E-state index is 8.79. The fraction of sp³-hybridized carbons (Fsp3) is 0.125. The maximum Gasteiger partial charge on any atom is 0.331 e. The molecule has 0 unspecified atom stereocenters. The van der Waals surface area contributed by atoms with Gasteiger partial charge in [0.25, 0.3) is 18.8 Å². The van der Waals surface area contributed by atoms with Crippen molar-refractivity contribution in [2.75, 3.05) is 0 Å². The number of benzene rings is 6. The number of nitriles is 3. The second-order valence-corrected chi connectivity index (χ2v) is 13.6. The molecule has 0 N–H and O–H groups in total. The summed E-state index contributed by atoms with van der Waals surface area (Å²) >= 11 is 0. The van der Waals surface area contributed by atoms with Crippen LogP contribution in [0.2, 0.25) is 0 Å². The Morgan fingerprint density at radius 3 is 0.683 bits per heavy atom. The quantitative estimate of drug-likeness (QED) is 0.0903. The smallest absolute Gasteiger partial charge is 0.331 e. The van der Waals surface area contributed by atoms with E-state index in [1.54, 1.807) is 55.2 Å². The predicted octanol–water partition coefficient (Wildman–Crippen LogP) is 11.3. The lowest BCUT2D eigenvalue weighted by Crippen LogP contribution is -2.02. The summed E-state index contributed by atoms with van der Waals surface area (Å²) in [5.41, 5.74) is 6.31. The van der Waals surface area contributed by atoms with E-state index in [0.717, 1.165) is 33.4 Å². The van der Waals surface area contributed by atoms with E-state index in [-0.39, 0.29) is 35.8 Å². The van der Waals surface area contributed by atoms with E-state index < -0.39 is 0 Å². The summed E-state index contributed by atoms with van der Waals surface area (Å²) in [4.78, 5) is 13.4. The molecular weight excluding hydrogens is 757 g/mol. The Morgan fingerprint density at radius 1 is 0.317 bits per heavy atom. The van der Waals surface area contributed by atoms with Crippen LogP contribution in [0.4, 0.5) is 0 Å². The van der Waals surface area contributed by atoms with Gasteiger partial charge in [0.05, 0.1) is 0 Å². The molecule has 0 aliphatic carbocycles. The summed E-state index contributed by atoms with van der Waals surface area (Å²) in [5, 5.41) is 26.4. The molecule has 1 aromatic heterocycles. The first-order valence-corrected chi connectivity index (χ1v) is 18.9. The highest BCUT2D eigenvalue weighted by molar-refractivity contribution is 5.42. The number of rotatable bonds is 15. The highest BCUT2D eigenvalue weighted by Crippen LogP contribution is 2.33. The number of nitrogens with zero attached hydrogens (tertiary/aromatic N) is 6. The Labute approximate surface area is 347 Å². The first-order valence-electron chi connectivity index (χ1n) is 18.9. The van der Waals surface area contributed by atoms with Crippen molar-refractivity contribution in [3.8, 4) is 71.3 Å². The Kier molecular flexibility index (Phi) is 12.4. The van der Waals surface area contributed by atoms with Crippen LogP contribution in [0.25, 0.3) is 0 Å². The van der Waals surface area contributed by atoms with E-state index >= 15 is 0 Å². The van der Waals surface area contributed by atoms with Crippen LogP contribution in [0.3, 0.4) is 0 Å². The van der Waals surface area contributed by atoms with Gasteiger partial charge in [0.1, 0.15) is 34.5 Å². The molecule has 60 heavy (non-hydrogen) atoms. The first-order chi connectivity index (χ1) is 29.3. The van der Waals surface area contributed by atoms with Crippen LogP contribution in [0, 0.1) is 34.6 Å². The van der Waals surface area contributed by atoms with Gasteiger partial charge in [-0.3, -0.25) is 0 Å². The maximum absolute atomic E-state index is 8.79. The van der Waals surface area contributed by atoms with Crippen molar-refractivity contribution in [1.82, 2.24) is 15.0 Å². The lowest BCUT2D eigenvalue weighted by molar-refractivity contribution is 0.362. The average molecular weight is 793 g/mol.